The molecule has 25 heavy (non-hydrogen) atoms. The summed E-state index contributed by atoms with van der Waals surface area (Å²) in [5.74, 6) is 0.118. The number of nitrogens with zero attached hydrogens (tertiary/aromatic N) is 1. The molecule has 0 atom stereocenters. The molecule has 132 valence electrons. The summed E-state index contributed by atoms with van der Waals surface area (Å²) in [7, 11) is 0. The number of carbonyl (C=O) groups excluding carboxylic acids is 1. The molecule has 1 aliphatic rings. The first-order chi connectivity index (χ1) is 12.2. The van der Waals surface area contributed by atoms with E-state index in [1.165, 1.54) is 16.2 Å². The molecule has 0 unspecified atom stereocenters. The molecule has 4 heteroatoms. The maximum atomic E-state index is 12.5. The topological polar surface area (TPSA) is 36.8 Å². The summed E-state index contributed by atoms with van der Waals surface area (Å²) in [5.41, 5.74) is 4.62. The molecule has 0 spiro atoms. The number of aryl methyl sites for hydroxylation is 2. The number of amides is 1. The van der Waals surface area contributed by atoms with E-state index in [4.69, 9.17) is 0 Å². The van der Waals surface area contributed by atoms with Gasteiger partial charge in [0.25, 0.3) is 5.91 Å². The van der Waals surface area contributed by atoms with Gasteiger partial charge < -0.3 is 15.1 Å². The van der Waals surface area contributed by atoms with Gasteiger partial charge in [-0.05, 0) is 36.6 Å². The molecular weight excluding hydrogens is 310 g/mol. The second kappa shape index (κ2) is 8.17. The number of hydrogen-bond acceptors (Lipinski definition) is 2. The molecular formula is C21H28N3O+. The lowest BCUT2D eigenvalue weighted by Crippen LogP contribution is -3.15. The molecule has 0 aliphatic carbocycles. The van der Waals surface area contributed by atoms with Crippen LogP contribution in [0.1, 0.15) is 18.1 Å². The van der Waals surface area contributed by atoms with Crippen LogP contribution in [0.4, 0.5) is 11.4 Å². The predicted molar refractivity (Wildman–Crippen MR) is 103 cm³/mol. The van der Waals surface area contributed by atoms with Gasteiger partial charge in [0.1, 0.15) is 0 Å². The van der Waals surface area contributed by atoms with Gasteiger partial charge in [-0.15, -0.1) is 0 Å². The summed E-state index contributed by atoms with van der Waals surface area (Å²) in [6, 6.07) is 16.7. The number of para-hydroxylation sites is 2. The van der Waals surface area contributed by atoms with Crippen LogP contribution in [0.2, 0.25) is 0 Å². The summed E-state index contributed by atoms with van der Waals surface area (Å²) < 4.78 is 0. The number of piperazine rings is 1. The lowest BCUT2D eigenvalue weighted by atomic mass is 10.1. The lowest BCUT2D eigenvalue weighted by molar-refractivity contribution is -0.892. The Morgan fingerprint density at radius 3 is 2.48 bits per heavy atom. The van der Waals surface area contributed by atoms with E-state index in [1.807, 2.05) is 6.07 Å². The van der Waals surface area contributed by atoms with E-state index in [0.29, 0.717) is 6.54 Å². The summed E-state index contributed by atoms with van der Waals surface area (Å²) in [4.78, 5) is 16.3. The van der Waals surface area contributed by atoms with Crippen LogP contribution < -0.4 is 15.1 Å². The van der Waals surface area contributed by atoms with Crippen molar-refractivity contribution >= 4 is 17.3 Å². The van der Waals surface area contributed by atoms with Gasteiger partial charge in [-0.2, -0.15) is 0 Å². The Labute approximate surface area is 150 Å². The predicted octanol–water partition coefficient (Wildman–Crippen LogP) is 1.90. The molecule has 1 aliphatic heterocycles. The van der Waals surface area contributed by atoms with E-state index < -0.39 is 0 Å². The Bertz CT molecular complexity index is 706. The Kier molecular flexibility index (Phi) is 5.71. The number of carbonyl (C=O) groups is 1. The quantitative estimate of drug-likeness (QED) is 0.874. The van der Waals surface area contributed by atoms with Gasteiger partial charge in [0.15, 0.2) is 6.54 Å². The highest BCUT2D eigenvalue weighted by atomic mass is 16.2. The van der Waals surface area contributed by atoms with E-state index in [2.05, 4.69) is 66.5 Å². The number of benzene rings is 2. The molecule has 0 saturated carbocycles. The van der Waals surface area contributed by atoms with Crippen molar-refractivity contribution in [1.29, 1.82) is 0 Å². The Morgan fingerprint density at radius 2 is 1.80 bits per heavy atom. The van der Waals surface area contributed by atoms with Crippen LogP contribution in [0.15, 0.2) is 48.5 Å². The first kappa shape index (κ1) is 17.5. The molecule has 1 heterocycles. The minimum absolute atomic E-state index is 0.118. The first-order valence-corrected chi connectivity index (χ1v) is 9.19. The van der Waals surface area contributed by atoms with Crippen molar-refractivity contribution in [2.45, 2.75) is 20.3 Å². The maximum Gasteiger partial charge on any atom is 0.279 e. The van der Waals surface area contributed by atoms with Crippen molar-refractivity contribution in [3.8, 4) is 0 Å². The maximum absolute atomic E-state index is 12.5. The minimum Gasteiger partial charge on any atom is -0.360 e. The zero-order valence-electron chi connectivity index (χ0n) is 15.2. The molecule has 1 saturated heterocycles. The molecule has 1 amide bonds. The third-order valence-corrected chi connectivity index (χ3v) is 5.01. The third-order valence-electron chi connectivity index (χ3n) is 5.01. The number of quaternary nitrogens is 1. The molecule has 0 radical (unpaired) electrons. The molecule has 2 aromatic carbocycles. The van der Waals surface area contributed by atoms with Crippen LogP contribution in [0.3, 0.4) is 0 Å². The van der Waals surface area contributed by atoms with Gasteiger partial charge in [-0.3, -0.25) is 4.79 Å². The molecule has 2 aromatic rings. The Hall–Kier alpha value is -2.33. The molecule has 1 fully saturated rings. The third kappa shape index (κ3) is 4.40. The van der Waals surface area contributed by atoms with Gasteiger partial charge in [-0.25, -0.2) is 0 Å². The highest BCUT2D eigenvalue weighted by molar-refractivity contribution is 5.93. The smallest absolute Gasteiger partial charge is 0.279 e. The zero-order valence-corrected chi connectivity index (χ0v) is 15.2. The van der Waals surface area contributed by atoms with E-state index in [-0.39, 0.29) is 5.91 Å². The van der Waals surface area contributed by atoms with E-state index >= 15 is 0 Å². The van der Waals surface area contributed by atoms with Crippen LogP contribution in [0, 0.1) is 6.92 Å². The molecule has 0 bridgehead atoms. The second-order valence-corrected chi connectivity index (χ2v) is 6.76. The summed E-state index contributed by atoms with van der Waals surface area (Å²) in [6.45, 7) is 8.71. The Morgan fingerprint density at radius 1 is 1.08 bits per heavy atom. The summed E-state index contributed by atoms with van der Waals surface area (Å²) in [5, 5.41) is 3.15. The van der Waals surface area contributed by atoms with Crippen molar-refractivity contribution in [1.82, 2.24) is 0 Å². The van der Waals surface area contributed by atoms with Gasteiger partial charge >= 0.3 is 0 Å². The van der Waals surface area contributed by atoms with Gasteiger partial charge in [0.2, 0.25) is 0 Å². The number of rotatable bonds is 5. The SMILES string of the molecule is CCc1cccc(C)c1NC(=O)C[NH+]1CCN(c2ccccc2)CC1. The molecule has 0 aromatic heterocycles. The molecule has 3 rings (SSSR count). The van der Waals surface area contributed by atoms with Crippen molar-refractivity contribution in [3.05, 3.63) is 59.7 Å². The van der Waals surface area contributed by atoms with Crippen LogP contribution in [-0.2, 0) is 11.2 Å². The van der Waals surface area contributed by atoms with Gasteiger partial charge in [-0.1, -0.05) is 43.3 Å². The van der Waals surface area contributed by atoms with Crippen molar-refractivity contribution in [2.24, 2.45) is 0 Å². The summed E-state index contributed by atoms with van der Waals surface area (Å²) in [6.07, 6.45) is 0.930. The first-order valence-electron chi connectivity index (χ1n) is 9.19. The van der Waals surface area contributed by atoms with E-state index in [9.17, 15) is 4.79 Å². The number of anilines is 2. The molecule has 4 nitrogen and oxygen atoms in total. The minimum atomic E-state index is 0.118. The van der Waals surface area contributed by atoms with Gasteiger partial charge in [0.05, 0.1) is 26.2 Å². The monoisotopic (exact) mass is 338 g/mol. The lowest BCUT2D eigenvalue weighted by Gasteiger charge is -2.33. The van der Waals surface area contributed by atoms with Crippen molar-refractivity contribution < 1.29 is 9.69 Å². The average Bonchev–Trinajstić information content (AvgIpc) is 2.65. The van der Waals surface area contributed by atoms with Crippen LogP contribution >= 0.6 is 0 Å². The van der Waals surface area contributed by atoms with Crippen molar-refractivity contribution in [3.63, 3.8) is 0 Å². The standard InChI is InChI=1S/C21H27N3O/c1-3-18-9-7-8-17(2)21(18)22-20(25)16-23-12-14-24(15-13-23)19-10-5-4-6-11-19/h4-11H,3,12-16H2,1-2H3,(H,22,25)/p+1. The fourth-order valence-electron chi connectivity index (χ4n) is 3.51. The van der Waals surface area contributed by atoms with E-state index in [0.717, 1.165) is 43.9 Å². The number of nitrogens with one attached hydrogen (secondary N) is 2. The number of hydrogen-bond donors (Lipinski definition) is 2. The zero-order chi connectivity index (χ0) is 17.6. The van der Waals surface area contributed by atoms with Crippen LogP contribution in [-0.4, -0.2) is 38.6 Å². The Balaban J connectivity index is 1.53. The largest absolute Gasteiger partial charge is 0.360 e. The fraction of sp³-hybridized carbons (Fsp3) is 0.381. The van der Waals surface area contributed by atoms with Gasteiger partial charge in [0, 0.05) is 11.4 Å². The van der Waals surface area contributed by atoms with E-state index in [1.54, 1.807) is 0 Å². The fourth-order valence-corrected chi connectivity index (χ4v) is 3.51. The average molecular weight is 338 g/mol. The second-order valence-electron chi connectivity index (χ2n) is 6.76. The highest BCUT2D eigenvalue weighted by Crippen LogP contribution is 2.20. The highest BCUT2D eigenvalue weighted by Gasteiger charge is 2.22. The van der Waals surface area contributed by atoms with Crippen LogP contribution in [0.5, 0.6) is 0 Å². The van der Waals surface area contributed by atoms with Crippen LogP contribution in [0.25, 0.3) is 0 Å². The van der Waals surface area contributed by atoms with Crippen molar-refractivity contribution in [2.75, 3.05) is 42.9 Å². The summed E-state index contributed by atoms with van der Waals surface area (Å²) >= 11 is 0. The molecule has 2 N–H and O–H groups in total. The normalized spacial score (nSPS) is 15.2.